The minimum atomic E-state index is 0.271. The van der Waals surface area contributed by atoms with Crippen molar-refractivity contribution in [1.29, 1.82) is 0 Å². The Balaban J connectivity index is 2.10. The van der Waals surface area contributed by atoms with Crippen LogP contribution in [0.15, 0.2) is 0 Å². The van der Waals surface area contributed by atoms with E-state index in [1.165, 1.54) is 12.8 Å². The van der Waals surface area contributed by atoms with Gasteiger partial charge in [0, 0.05) is 11.6 Å². The van der Waals surface area contributed by atoms with Crippen LogP contribution < -0.4 is 5.32 Å². The van der Waals surface area contributed by atoms with Crippen molar-refractivity contribution < 1.29 is 0 Å². The summed E-state index contributed by atoms with van der Waals surface area (Å²) in [6.07, 6.45) is 2.82. The Hall–Kier alpha value is -0.0400. The standard InChI is InChI=1S/C14H27N/c1-9-7-10(2)14(9)11(3)8-12(14)15-13(4,5)6/h9-12,15H,7-8H2,1-6H3. The van der Waals surface area contributed by atoms with Gasteiger partial charge in [0.15, 0.2) is 0 Å². The van der Waals surface area contributed by atoms with E-state index >= 15 is 0 Å². The molecule has 88 valence electrons. The first-order chi connectivity index (χ1) is 6.78. The van der Waals surface area contributed by atoms with Crippen molar-refractivity contribution >= 4 is 0 Å². The van der Waals surface area contributed by atoms with Gasteiger partial charge in [-0.1, -0.05) is 20.8 Å². The smallest absolute Gasteiger partial charge is 0.0139 e. The molecule has 15 heavy (non-hydrogen) atoms. The zero-order valence-corrected chi connectivity index (χ0v) is 11.2. The normalized spacial score (nSPS) is 50.0. The van der Waals surface area contributed by atoms with Crippen LogP contribution in [0.25, 0.3) is 0 Å². The van der Waals surface area contributed by atoms with Gasteiger partial charge in [-0.15, -0.1) is 0 Å². The van der Waals surface area contributed by atoms with Crippen LogP contribution in [0.2, 0.25) is 0 Å². The topological polar surface area (TPSA) is 12.0 Å². The van der Waals surface area contributed by atoms with E-state index in [2.05, 4.69) is 46.9 Å². The van der Waals surface area contributed by atoms with Gasteiger partial charge in [0.1, 0.15) is 0 Å². The predicted octanol–water partition coefficient (Wildman–Crippen LogP) is 3.45. The van der Waals surface area contributed by atoms with Crippen molar-refractivity contribution in [2.24, 2.45) is 23.2 Å². The summed E-state index contributed by atoms with van der Waals surface area (Å²) in [5.74, 6) is 2.78. The summed E-state index contributed by atoms with van der Waals surface area (Å²) in [5.41, 5.74) is 0.903. The molecule has 2 fully saturated rings. The van der Waals surface area contributed by atoms with E-state index in [0.29, 0.717) is 5.41 Å². The summed E-state index contributed by atoms with van der Waals surface area (Å²) in [6, 6.07) is 0.770. The molecule has 0 aromatic rings. The fraction of sp³-hybridized carbons (Fsp3) is 1.00. The van der Waals surface area contributed by atoms with Gasteiger partial charge in [-0.25, -0.2) is 0 Å². The molecule has 4 atom stereocenters. The van der Waals surface area contributed by atoms with Gasteiger partial charge in [-0.3, -0.25) is 0 Å². The Morgan fingerprint density at radius 1 is 0.933 bits per heavy atom. The van der Waals surface area contributed by atoms with E-state index in [1.807, 2.05) is 0 Å². The Bertz CT molecular complexity index is 234. The summed E-state index contributed by atoms with van der Waals surface area (Å²) in [4.78, 5) is 0. The zero-order valence-electron chi connectivity index (χ0n) is 11.2. The molecule has 0 aromatic heterocycles. The van der Waals surface area contributed by atoms with Crippen molar-refractivity contribution in [1.82, 2.24) is 5.32 Å². The third-order valence-corrected chi connectivity index (χ3v) is 5.07. The molecule has 0 aliphatic heterocycles. The second-order valence-corrected chi connectivity index (χ2v) is 7.12. The molecule has 2 saturated carbocycles. The highest BCUT2D eigenvalue weighted by Crippen LogP contribution is 2.66. The van der Waals surface area contributed by atoms with Crippen LogP contribution in [-0.2, 0) is 0 Å². The number of rotatable bonds is 1. The van der Waals surface area contributed by atoms with Crippen LogP contribution >= 0.6 is 0 Å². The lowest BCUT2D eigenvalue weighted by atomic mass is 9.38. The van der Waals surface area contributed by atoms with Crippen LogP contribution in [0.4, 0.5) is 0 Å². The molecule has 0 radical (unpaired) electrons. The van der Waals surface area contributed by atoms with Crippen molar-refractivity contribution in [3.05, 3.63) is 0 Å². The maximum atomic E-state index is 3.84. The van der Waals surface area contributed by atoms with Gasteiger partial charge in [0.05, 0.1) is 0 Å². The summed E-state index contributed by atoms with van der Waals surface area (Å²) in [6.45, 7) is 14.2. The summed E-state index contributed by atoms with van der Waals surface area (Å²) in [7, 11) is 0. The first-order valence-electron chi connectivity index (χ1n) is 6.56. The molecule has 4 unspecified atom stereocenters. The SMILES string of the molecule is CC1CC(C)C12C(C)CC2NC(C)(C)C. The Morgan fingerprint density at radius 3 is 1.73 bits per heavy atom. The van der Waals surface area contributed by atoms with E-state index in [9.17, 15) is 0 Å². The van der Waals surface area contributed by atoms with Gasteiger partial charge >= 0.3 is 0 Å². The minimum Gasteiger partial charge on any atom is -0.309 e. The molecule has 0 bridgehead atoms. The monoisotopic (exact) mass is 209 g/mol. The first kappa shape index (κ1) is 11.4. The summed E-state index contributed by atoms with van der Waals surface area (Å²) < 4.78 is 0. The molecule has 2 aliphatic rings. The second kappa shape index (κ2) is 3.23. The Morgan fingerprint density at radius 2 is 1.40 bits per heavy atom. The van der Waals surface area contributed by atoms with Crippen molar-refractivity contribution in [3.8, 4) is 0 Å². The summed E-state index contributed by atoms with van der Waals surface area (Å²) >= 11 is 0. The Kier molecular flexibility index (Phi) is 2.46. The molecular formula is C14H27N. The van der Waals surface area contributed by atoms with E-state index in [1.54, 1.807) is 0 Å². The van der Waals surface area contributed by atoms with Crippen LogP contribution in [0.3, 0.4) is 0 Å². The van der Waals surface area contributed by atoms with Gasteiger partial charge in [-0.2, -0.15) is 0 Å². The Labute approximate surface area is 95.0 Å². The molecular weight excluding hydrogens is 182 g/mol. The third-order valence-electron chi connectivity index (χ3n) is 5.07. The lowest BCUT2D eigenvalue weighted by Crippen LogP contribution is -2.72. The lowest BCUT2D eigenvalue weighted by Gasteiger charge is -2.69. The molecule has 1 nitrogen and oxygen atoms in total. The van der Waals surface area contributed by atoms with Crippen LogP contribution in [0.1, 0.15) is 54.4 Å². The molecule has 0 saturated heterocycles. The zero-order chi connectivity index (χ0) is 11.4. The number of hydrogen-bond acceptors (Lipinski definition) is 1. The van der Waals surface area contributed by atoms with Crippen LogP contribution in [0, 0.1) is 23.2 Å². The van der Waals surface area contributed by atoms with Crippen LogP contribution in [0.5, 0.6) is 0 Å². The maximum Gasteiger partial charge on any atom is 0.0139 e. The average molecular weight is 209 g/mol. The van der Waals surface area contributed by atoms with Crippen molar-refractivity contribution in [3.63, 3.8) is 0 Å². The largest absolute Gasteiger partial charge is 0.309 e. The quantitative estimate of drug-likeness (QED) is 0.697. The van der Waals surface area contributed by atoms with E-state index in [0.717, 1.165) is 23.8 Å². The molecule has 1 heteroatoms. The fourth-order valence-corrected chi connectivity index (χ4v) is 4.57. The van der Waals surface area contributed by atoms with Gasteiger partial charge in [-0.05, 0) is 56.8 Å². The number of hydrogen-bond donors (Lipinski definition) is 1. The molecule has 2 aliphatic carbocycles. The van der Waals surface area contributed by atoms with Gasteiger partial charge in [0.2, 0.25) is 0 Å². The highest BCUT2D eigenvalue weighted by Gasteiger charge is 2.64. The first-order valence-corrected chi connectivity index (χ1v) is 6.56. The predicted molar refractivity (Wildman–Crippen MR) is 65.8 cm³/mol. The van der Waals surface area contributed by atoms with E-state index in [4.69, 9.17) is 0 Å². The fourth-order valence-electron chi connectivity index (χ4n) is 4.57. The molecule has 1 spiro atoms. The molecule has 0 aromatic carbocycles. The second-order valence-electron chi connectivity index (χ2n) is 7.12. The van der Waals surface area contributed by atoms with E-state index in [-0.39, 0.29) is 5.54 Å². The highest BCUT2D eigenvalue weighted by atomic mass is 15.0. The minimum absolute atomic E-state index is 0.271. The van der Waals surface area contributed by atoms with Crippen molar-refractivity contribution in [2.75, 3.05) is 0 Å². The maximum absolute atomic E-state index is 3.84. The average Bonchev–Trinajstić information content (AvgIpc) is 1.99. The summed E-state index contributed by atoms with van der Waals surface area (Å²) in [5, 5.41) is 3.84. The molecule has 0 heterocycles. The van der Waals surface area contributed by atoms with E-state index < -0.39 is 0 Å². The molecule has 1 N–H and O–H groups in total. The highest BCUT2D eigenvalue weighted by molar-refractivity contribution is 5.16. The van der Waals surface area contributed by atoms with Crippen LogP contribution in [-0.4, -0.2) is 11.6 Å². The van der Waals surface area contributed by atoms with Gasteiger partial charge in [0.25, 0.3) is 0 Å². The third kappa shape index (κ3) is 1.46. The lowest BCUT2D eigenvalue weighted by molar-refractivity contribution is -0.183. The molecule has 2 rings (SSSR count). The van der Waals surface area contributed by atoms with Crippen molar-refractivity contribution in [2.45, 2.75) is 66.0 Å². The molecule has 0 amide bonds. The van der Waals surface area contributed by atoms with Gasteiger partial charge < -0.3 is 5.32 Å². The number of nitrogens with one attached hydrogen (secondary N) is 1.